The van der Waals surface area contributed by atoms with Crippen molar-refractivity contribution in [2.45, 2.75) is 0 Å². The molecule has 70 valence electrons. The highest BCUT2D eigenvalue weighted by Gasteiger charge is 2.03. The maximum atomic E-state index is 11.1. The number of anilines is 1. The topological polar surface area (TPSA) is 57.8 Å². The summed E-state index contributed by atoms with van der Waals surface area (Å²) in [6.45, 7) is 3.91. The molecule has 0 radical (unpaired) electrons. The minimum atomic E-state index is -0.168. The molecule has 0 bridgehead atoms. The van der Waals surface area contributed by atoms with E-state index in [2.05, 4.69) is 21.9 Å². The van der Waals surface area contributed by atoms with E-state index in [0.29, 0.717) is 21.0 Å². The van der Waals surface area contributed by atoms with Crippen LogP contribution in [0.25, 0.3) is 0 Å². The van der Waals surface area contributed by atoms with Gasteiger partial charge in [-0.25, -0.2) is 4.98 Å². The van der Waals surface area contributed by atoms with Gasteiger partial charge in [0.25, 0.3) is 5.56 Å². The normalized spacial score (nSPS) is 9.69. The van der Waals surface area contributed by atoms with Crippen molar-refractivity contribution in [3.63, 3.8) is 0 Å². The summed E-state index contributed by atoms with van der Waals surface area (Å²) in [7, 11) is 0. The van der Waals surface area contributed by atoms with Gasteiger partial charge in [0, 0.05) is 5.03 Å². The number of aromatic nitrogens is 2. The Hall–Kier alpha value is -0.560. The lowest BCUT2D eigenvalue weighted by atomic mass is 10.5. The molecule has 0 atom stereocenters. The molecule has 1 aromatic rings. The molecule has 0 spiro atoms. The Kier molecular flexibility index (Phi) is 3.73. The number of hydrogen-bond donors (Lipinski definition) is 2. The molecule has 0 aromatic carbocycles. The maximum absolute atomic E-state index is 11.1. The minimum absolute atomic E-state index is 0.168. The Morgan fingerprint density at radius 2 is 2.54 bits per heavy atom. The highest BCUT2D eigenvalue weighted by Crippen LogP contribution is 2.09. The van der Waals surface area contributed by atoms with Crippen LogP contribution in [0.1, 0.15) is 0 Å². The molecule has 4 nitrogen and oxygen atoms in total. The van der Waals surface area contributed by atoms with Crippen LogP contribution in [0.2, 0.25) is 0 Å². The number of hydrogen-bond acceptors (Lipinski definition) is 3. The fourth-order valence-corrected chi connectivity index (χ4v) is 1.24. The van der Waals surface area contributed by atoms with Gasteiger partial charge in [-0.1, -0.05) is 18.2 Å². The van der Waals surface area contributed by atoms with E-state index >= 15 is 0 Å². The fourth-order valence-electron chi connectivity index (χ4n) is 0.686. The summed E-state index contributed by atoms with van der Waals surface area (Å²) in [5.74, 6) is 0.520. The summed E-state index contributed by atoms with van der Waals surface area (Å²) < 4.78 is 0.512. The Morgan fingerprint density at radius 3 is 3.15 bits per heavy atom. The van der Waals surface area contributed by atoms with Crippen molar-refractivity contribution >= 4 is 40.0 Å². The van der Waals surface area contributed by atoms with E-state index in [1.165, 1.54) is 6.33 Å². The second-order valence-corrected chi connectivity index (χ2v) is 3.88. The first-order valence-electron chi connectivity index (χ1n) is 3.41. The largest absolute Gasteiger partial charge is 0.364 e. The lowest BCUT2D eigenvalue weighted by molar-refractivity contribution is 1.08. The first kappa shape index (κ1) is 10.5. The summed E-state index contributed by atoms with van der Waals surface area (Å²) in [6, 6.07) is 0. The van der Waals surface area contributed by atoms with Crippen LogP contribution in [-0.4, -0.2) is 16.5 Å². The zero-order valence-corrected chi connectivity index (χ0v) is 9.52. The van der Waals surface area contributed by atoms with Crippen molar-refractivity contribution in [2.24, 2.45) is 0 Å². The second-order valence-electron chi connectivity index (χ2n) is 2.27. The van der Waals surface area contributed by atoms with E-state index in [1.54, 1.807) is 0 Å². The Labute approximate surface area is 93.6 Å². The van der Waals surface area contributed by atoms with Gasteiger partial charge in [-0.2, -0.15) is 0 Å². The molecule has 0 aliphatic carbocycles. The van der Waals surface area contributed by atoms with Crippen LogP contribution in [0.5, 0.6) is 0 Å². The summed E-state index contributed by atoms with van der Waals surface area (Å²) in [5.41, 5.74) is -0.168. The molecule has 0 aliphatic heterocycles. The Balaban J connectivity index is 2.83. The first-order valence-corrected chi connectivity index (χ1v) is 4.87. The highest BCUT2D eigenvalue weighted by atomic mass is 127. The van der Waals surface area contributed by atoms with E-state index in [-0.39, 0.29) is 5.56 Å². The van der Waals surface area contributed by atoms with Crippen molar-refractivity contribution in [3.05, 3.63) is 31.9 Å². The predicted molar refractivity (Wildman–Crippen MR) is 61.1 cm³/mol. The van der Waals surface area contributed by atoms with Gasteiger partial charge in [0.1, 0.15) is 9.39 Å². The molecule has 0 aliphatic rings. The molecule has 0 unspecified atom stereocenters. The van der Waals surface area contributed by atoms with E-state index < -0.39 is 0 Å². The van der Waals surface area contributed by atoms with E-state index in [4.69, 9.17) is 11.6 Å². The van der Waals surface area contributed by atoms with Crippen molar-refractivity contribution in [1.29, 1.82) is 0 Å². The summed E-state index contributed by atoms with van der Waals surface area (Å²) in [6.07, 6.45) is 1.34. The van der Waals surface area contributed by atoms with Gasteiger partial charge < -0.3 is 10.3 Å². The minimum Gasteiger partial charge on any atom is -0.364 e. The molecule has 1 aromatic heterocycles. The third-order valence-electron chi connectivity index (χ3n) is 1.24. The highest BCUT2D eigenvalue weighted by molar-refractivity contribution is 14.1. The average molecular weight is 312 g/mol. The number of aromatic amines is 1. The molecule has 0 saturated carbocycles. The van der Waals surface area contributed by atoms with Crippen molar-refractivity contribution in [2.75, 3.05) is 11.9 Å². The Bertz CT molecular complexity index is 376. The smallest absolute Gasteiger partial charge is 0.266 e. The van der Waals surface area contributed by atoms with E-state index in [9.17, 15) is 4.79 Å². The van der Waals surface area contributed by atoms with Gasteiger partial charge in [0.2, 0.25) is 0 Å². The number of H-pyrrole nitrogens is 1. The molecular weight excluding hydrogens is 304 g/mol. The van der Waals surface area contributed by atoms with Crippen LogP contribution in [0.4, 0.5) is 5.82 Å². The lowest BCUT2D eigenvalue weighted by Gasteiger charge is -2.04. The molecule has 1 heterocycles. The molecule has 0 saturated heterocycles. The molecular formula is C7H7ClIN3O. The van der Waals surface area contributed by atoms with Gasteiger partial charge in [0.05, 0.1) is 12.9 Å². The summed E-state index contributed by atoms with van der Waals surface area (Å²) in [5, 5.41) is 3.35. The van der Waals surface area contributed by atoms with Crippen molar-refractivity contribution in [1.82, 2.24) is 9.97 Å². The molecule has 0 amide bonds. The van der Waals surface area contributed by atoms with Gasteiger partial charge in [-0.3, -0.25) is 4.79 Å². The standard InChI is InChI=1S/C7H7ClIN3O/c1-4(8)2-10-6-5(9)7(13)12-3-11-6/h3H,1-2H2,(H2,10,11,12,13). The van der Waals surface area contributed by atoms with Crippen molar-refractivity contribution in [3.8, 4) is 0 Å². The van der Waals surface area contributed by atoms with Gasteiger partial charge in [-0.05, 0) is 22.6 Å². The zero-order chi connectivity index (χ0) is 9.84. The van der Waals surface area contributed by atoms with Crippen molar-refractivity contribution < 1.29 is 0 Å². The lowest BCUT2D eigenvalue weighted by Crippen LogP contribution is -2.15. The predicted octanol–water partition coefficient (Wildman–Crippen LogP) is 1.54. The molecule has 1 rings (SSSR count). The molecule has 6 heteroatoms. The van der Waals surface area contributed by atoms with E-state index in [1.807, 2.05) is 22.6 Å². The monoisotopic (exact) mass is 311 g/mol. The number of rotatable bonds is 3. The molecule has 0 fully saturated rings. The van der Waals surface area contributed by atoms with Gasteiger partial charge in [0.15, 0.2) is 0 Å². The summed E-state index contributed by atoms with van der Waals surface area (Å²) >= 11 is 7.46. The third kappa shape index (κ3) is 3.00. The van der Waals surface area contributed by atoms with Gasteiger partial charge >= 0.3 is 0 Å². The average Bonchev–Trinajstić information content (AvgIpc) is 2.07. The van der Waals surface area contributed by atoms with Crippen LogP contribution < -0.4 is 10.9 Å². The molecule has 2 N–H and O–H groups in total. The van der Waals surface area contributed by atoms with Crippen LogP contribution in [-0.2, 0) is 0 Å². The number of nitrogens with zero attached hydrogens (tertiary/aromatic N) is 1. The molecule has 13 heavy (non-hydrogen) atoms. The van der Waals surface area contributed by atoms with Crippen LogP contribution >= 0.6 is 34.2 Å². The quantitative estimate of drug-likeness (QED) is 0.833. The van der Waals surface area contributed by atoms with Gasteiger partial charge in [-0.15, -0.1) is 0 Å². The van der Waals surface area contributed by atoms with Crippen LogP contribution in [0, 0.1) is 3.57 Å². The second kappa shape index (κ2) is 4.61. The SMILES string of the molecule is C=C(Cl)CNc1nc[nH]c(=O)c1I. The zero-order valence-electron chi connectivity index (χ0n) is 6.60. The summed E-state index contributed by atoms with van der Waals surface area (Å²) in [4.78, 5) is 17.5. The van der Waals surface area contributed by atoms with Crippen LogP contribution in [0.3, 0.4) is 0 Å². The Morgan fingerprint density at radius 1 is 1.85 bits per heavy atom. The van der Waals surface area contributed by atoms with Crippen LogP contribution in [0.15, 0.2) is 22.7 Å². The number of nitrogens with one attached hydrogen (secondary N) is 2. The maximum Gasteiger partial charge on any atom is 0.266 e. The van der Waals surface area contributed by atoms with E-state index in [0.717, 1.165) is 0 Å². The fraction of sp³-hybridized carbons (Fsp3) is 0.143. The third-order valence-corrected chi connectivity index (χ3v) is 2.38. The first-order chi connectivity index (χ1) is 6.11. The number of halogens is 2.